The lowest BCUT2D eigenvalue weighted by atomic mass is 10.2. The summed E-state index contributed by atoms with van der Waals surface area (Å²) in [6.07, 6.45) is 4.32. The van der Waals surface area contributed by atoms with Gasteiger partial charge in [-0.3, -0.25) is 0 Å². The number of nitrogens with one attached hydrogen (secondary N) is 1. The molecule has 0 aliphatic heterocycles. The van der Waals surface area contributed by atoms with E-state index in [1.54, 1.807) is 11.3 Å². The first-order valence-corrected chi connectivity index (χ1v) is 6.87. The van der Waals surface area contributed by atoms with E-state index in [9.17, 15) is 0 Å². The standard InChI is InChI=1S/C13H19N3S/c1-4-14-11(3)12-5-6-16(7-12)8-13-15-10(2)9-17-13/h5-7,9,11,14H,4,8H2,1-3H3. The van der Waals surface area contributed by atoms with Crippen LogP contribution in [0.4, 0.5) is 0 Å². The van der Waals surface area contributed by atoms with E-state index in [1.807, 2.05) is 6.92 Å². The third-order valence-corrected chi connectivity index (χ3v) is 3.72. The summed E-state index contributed by atoms with van der Waals surface area (Å²) in [6.45, 7) is 8.23. The molecule has 4 heteroatoms. The summed E-state index contributed by atoms with van der Waals surface area (Å²) < 4.78 is 2.20. The van der Waals surface area contributed by atoms with Crippen LogP contribution in [0.15, 0.2) is 23.8 Å². The lowest BCUT2D eigenvalue weighted by Crippen LogP contribution is -2.17. The van der Waals surface area contributed by atoms with E-state index < -0.39 is 0 Å². The first-order valence-electron chi connectivity index (χ1n) is 5.99. The fourth-order valence-corrected chi connectivity index (χ4v) is 2.65. The molecule has 1 atom stereocenters. The highest BCUT2D eigenvalue weighted by atomic mass is 32.1. The van der Waals surface area contributed by atoms with Gasteiger partial charge in [0.2, 0.25) is 0 Å². The third-order valence-electron chi connectivity index (χ3n) is 2.77. The summed E-state index contributed by atoms with van der Waals surface area (Å²) in [5.74, 6) is 0. The summed E-state index contributed by atoms with van der Waals surface area (Å²) in [4.78, 5) is 4.48. The lowest BCUT2D eigenvalue weighted by Gasteiger charge is -2.09. The maximum absolute atomic E-state index is 4.48. The monoisotopic (exact) mass is 249 g/mol. The van der Waals surface area contributed by atoms with Crippen molar-refractivity contribution in [2.24, 2.45) is 0 Å². The molecule has 17 heavy (non-hydrogen) atoms. The number of thiazole rings is 1. The van der Waals surface area contributed by atoms with Crippen LogP contribution >= 0.6 is 11.3 Å². The van der Waals surface area contributed by atoms with Crippen molar-refractivity contribution >= 4 is 11.3 Å². The van der Waals surface area contributed by atoms with E-state index in [-0.39, 0.29) is 0 Å². The van der Waals surface area contributed by atoms with E-state index in [1.165, 1.54) is 10.6 Å². The first kappa shape index (κ1) is 12.3. The van der Waals surface area contributed by atoms with Gasteiger partial charge in [0.05, 0.1) is 6.54 Å². The molecule has 0 bridgehead atoms. The second-order valence-corrected chi connectivity index (χ2v) is 5.22. The van der Waals surface area contributed by atoms with Gasteiger partial charge in [0, 0.05) is 29.5 Å². The number of rotatable bonds is 5. The van der Waals surface area contributed by atoms with Crippen molar-refractivity contribution in [2.75, 3.05) is 6.54 Å². The summed E-state index contributed by atoms with van der Waals surface area (Å²) in [5.41, 5.74) is 2.44. The van der Waals surface area contributed by atoms with Crippen molar-refractivity contribution in [3.63, 3.8) is 0 Å². The van der Waals surface area contributed by atoms with Crippen LogP contribution in [0.25, 0.3) is 0 Å². The molecule has 0 radical (unpaired) electrons. The Kier molecular flexibility index (Phi) is 3.97. The summed E-state index contributed by atoms with van der Waals surface area (Å²) in [7, 11) is 0. The van der Waals surface area contributed by atoms with Gasteiger partial charge in [0.25, 0.3) is 0 Å². The van der Waals surface area contributed by atoms with Crippen molar-refractivity contribution < 1.29 is 0 Å². The van der Waals surface area contributed by atoms with Crippen LogP contribution in [0.3, 0.4) is 0 Å². The Labute approximate surface area is 107 Å². The Bertz CT molecular complexity index is 472. The van der Waals surface area contributed by atoms with Crippen molar-refractivity contribution in [1.82, 2.24) is 14.9 Å². The van der Waals surface area contributed by atoms with Crippen LogP contribution in [-0.4, -0.2) is 16.1 Å². The van der Waals surface area contributed by atoms with Crippen LogP contribution in [-0.2, 0) is 6.54 Å². The molecule has 0 aliphatic carbocycles. The Hall–Kier alpha value is -1.13. The SMILES string of the molecule is CCNC(C)c1ccn(Cc2nc(C)cs2)c1. The molecule has 2 aromatic heterocycles. The van der Waals surface area contributed by atoms with Gasteiger partial charge >= 0.3 is 0 Å². The van der Waals surface area contributed by atoms with Crippen LogP contribution in [0, 0.1) is 6.92 Å². The predicted octanol–water partition coefficient (Wildman–Crippen LogP) is 2.97. The number of nitrogens with zero attached hydrogens (tertiary/aromatic N) is 2. The molecule has 0 aliphatic rings. The van der Waals surface area contributed by atoms with Gasteiger partial charge in [-0.15, -0.1) is 11.3 Å². The lowest BCUT2D eigenvalue weighted by molar-refractivity contribution is 0.596. The van der Waals surface area contributed by atoms with Gasteiger partial charge in [-0.05, 0) is 32.0 Å². The Balaban J connectivity index is 2.03. The van der Waals surface area contributed by atoms with Crippen molar-refractivity contribution in [3.8, 4) is 0 Å². The average Bonchev–Trinajstić information content (AvgIpc) is 2.89. The molecule has 0 saturated heterocycles. The van der Waals surface area contributed by atoms with Crippen LogP contribution in [0.1, 0.15) is 36.2 Å². The number of hydrogen-bond acceptors (Lipinski definition) is 3. The summed E-state index contributed by atoms with van der Waals surface area (Å²) in [6, 6.07) is 2.59. The van der Waals surface area contributed by atoms with E-state index in [0.29, 0.717) is 6.04 Å². The topological polar surface area (TPSA) is 29.9 Å². The Morgan fingerprint density at radius 1 is 1.53 bits per heavy atom. The van der Waals surface area contributed by atoms with Crippen molar-refractivity contribution in [2.45, 2.75) is 33.4 Å². The second-order valence-electron chi connectivity index (χ2n) is 4.28. The Morgan fingerprint density at radius 3 is 3.00 bits per heavy atom. The molecule has 0 aromatic carbocycles. The third kappa shape index (κ3) is 3.17. The molecule has 2 heterocycles. The van der Waals surface area contributed by atoms with E-state index >= 15 is 0 Å². The maximum Gasteiger partial charge on any atom is 0.113 e. The molecule has 2 rings (SSSR count). The van der Waals surface area contributed by atoms with Gasteiger partial charge in [0.1, 0.15) is 5.01 Å². The summed E-state index contributed by atoms with van der Waals surface area (Å²) in [5, 5.41) is 6.68. The first-order chi connectivity index (χ1) is 8.19. The molecular formula is C13H19N3S. The van der Waals surface area contributed by atoms with Gasteiger partial charge in [-0.1, -0.05) is 6.92 Å². The second kappa shape index (κ2) is 5.47. The number of hydrogen-bond donors (Lipinski definition) is 1. The largest absolute Gasteiger partial charge is 0.347 e. The molecule has 0 amide bonds. The number of aromatic nitrogens is 2. The molecule has 2 aromatic rings. The zero-order valence-electron chi connectivity index (χ0n) is 10.6. The quantitative estimate of drug-likeness (QED) is 0.883. The molecule has 1 N–H and O–H groups in total. The zero-order valence-corrected chi connectivity index (χ0v) is 11.4. The van der Waals surface area contributed by atoms with Gasteiger partial charge in [0.15, 0.2) is 0 Å². The average molecular weight is 249 g/mol. The highest BCUT2D eigenvalue weighted by molar-refractivity contribution is 7.09. The molecule has 0 spiro atoms. The van der Waals surface area contributed by atoms with Crippen molar-refractivity contribution in [1.29, 1.82) is 0 Å². The molecule has 0 fully saturated rings. The van der Waals surface area contributed by atoms with E-state index in [0.717, 1.165) is 18.8 Å². The smallest absolute Gasteiger partial charge is 0.113 e. The highest BCUT2D eigenvalue weighted by Crippen LogP contribution is 2.15. The minimum absolute atomic E-state index is 0.416. The van der Waals surface area contributed by atoms with Gasteiger partial charge in [-0.25, -0.2) is 4.98 Å². The Morgan fingerprint density at radius 2 is 2.35 bits per heavy atom. The molecule has 92 valence electrons. The molecule has 1 unspecified atom stereocenters. The fraction of sp³-hybridized carbons (Fsp3) is 0.462. The van der Waals surface area contributed by atoms with E-state index in [2.05, 4.69) is 52.6 Å². The normalized spacial score (nSPS) is 12.9. The maximum atomic E-state index is 4.48. The van der Waals surface area contributed by atoms with Gasteiger partial charge in [-0.2, -0.15) is 0 Å². The van der Waals surface area contributed by atoms with Crippen LogP contribution < -0.4 is 5.32 Å². The highest BCUT2D eigenvalue weighted by Gasteiger charge is 2.06. The predicted molar refractivity (Wildman–Crippen MR) is 72.5 cm³/mol. The van der Waals surface area contributed by atoms with Gasteiger partial charge < -0.3 is 9.88 Å². The zero-order chi connectivity index (χ0) is 12.3. The summed E-state index contributed by atoms with van der Waals surface area (Å²) >= 11 is 1.72. The molecule has 3 nitrogen and oxygen atoms in total. The van der Waals surface area contributed by atoms with Crippen molar-refractivity contribution in [3.05, 3.63) is 40.1 Å². The molecular weight excluding hydrogens is 230 g/mol. The minimum Gasteiger partial charge on any atom is -0.347 e. The number of aryl methyl sites for hydroxylation is 1. The minimum atomic E-state index is 0.416. The van der Waals surface area contributed by atoms with Crippen LogP contribution in [0.2, 0.25) is 0 Å². The fourth-order valence-electron chi connectivity index (χ4n) is 1.87. The van der Waals surface area contributed by atoms with E-state index in [4.69, 9.17) is 0 Å². The molecule has 0 saturated carbocycles. The van der Waals surface area contributed by atoms with Crippen LogP contribution in [0.5, 0.6) is 0 Å².